The fourth-order valence-electron chi connectivity index (χ4n) is 2.31. The summed E-state index contributed by atoms with van der Waals surface area (Å²) in [6, 6.07) is 12.5. The van der Waals surface area contributed by atoms with Gasteiger partial charge in [0.1, 0.15) is 5.84 Å². The van der Waals surface area contributed by atoms with Gasteiger partial charge in [-0.2, -0.15) is 0 Å². The highest BCUT2D eigenvalue weighted by molar-refractivity contribution is 5.99. The van der Waals surface area contributed by atoms with Gasteiger partial charge < -0.3 is 10.3 Å². The molecule has 2 aromatic rings. The Labute approximate surface area is 101 Å². The Morgan fingerprint density at radius 3 is 2.82 bits per heavy atom. The average Bonchev–Trinajstić information content (AvgIpc) is 2.76. The van der Waals surface area contributed by atoms with Crippen LogP contribution >= 0.6 is 0 Å². The van der Waals surface area contributed by atoms with Gasteiger partial charge in [0.15, 0.2) is 0 Å². The molecule has 1 aromatic heterocycles. The van der Waals surface area contributed by atoms with E-state index in [0.717, 1.165) is 25.1 Å². The third-order valence-electron chi connectivity index (χ3n) is 3.18. The molecule has 3 nitrogen and oxygen atoms in total. The molecule has 0 saturated carbocycles. The van der Waals surface area contributed by atoms with Gasteiger partial charge in [-0.1, -0.05) is 30.3 Å². The number of aromatic nitrogens is 1. The van der Waals surface area contributed by atoms with Crippen LogP contribution in [0.2, 0.25) is 0 Å². The molecular weight excluding hydrogens is 210 g/mol. The number of amidine groups is 1. The van der Waals surface area contributed by atoms with Crippen LogP contribution in [-0.4, -0.2) is 16.9 Å². The van der Waals surface area contributed by atoms with Crippen molar-refractivity contribution in [1.29, 1.82) is 0 Å². The zero-order valence-electron chi connectivity index (χ0n) is 9.63. The molecule has 2 N–H and O–H groups in total. The molecule has 1 aliphatic heterocycles. The number of nitrogens with zero attached hydrogens (tertiary/aromatic N) is 2. The molecule has 0 bridgehead atoms. The fourth-order valence-corrected chi connectivity index (χ4v) is 2.31. The number of rotatable bonds is 2. The van der Waals surface area contributed by atoms with Crippen LogP contribution < -0.4 is 5.73 Å². The molecule has 0 aliphatic carbocycles. The Kier molecular flexibility index (Phi) is 2.44. The predicted molar refractivity (Wildman–Crippen MR) is 69.3 cm³/mol. The van der Waals surface area contributed by atoms with Crippen LogP contribution in [0.5, 0.6) is 0 Å². The third kappa shape index (κ3) is 1.84. The largest absolute Gasteiger partial charge is 0.383 e. The minimum absolute atomic E-state index is 0.679. The molecule has 0 spiro atoms. The summed E-state index contributed by atoms with van der Waals surface area (Å²) >= 11 is 0. The fraction of sp³-hybridized carbons (Fsp3) is 0.214. The van der Waals surface area contributed by atoms with Crippen LogP contribution in [0.3, 0.4) is 0 Å². The van der Waals surface area contributed by atoms with E-state index in [2.05, 4.69) is 46.1 Å². The van der Waals surface area contributed by atoms with Gasteiger partial charge in [-0.05, 0) is 11.6 Å². The first kappa shape index (κ1) is 10.1. The summed E-state index contributed by atoms with van der Waals surface area (Å²) in [5.41, 5.74) is 9.61. The number of hydrogen-bond acceptors (Lipinski definition) is 2. The second-order valence-electron chi connectivity index (χ2n) is 4.31. The molecule has 17 heavy (non-hydrogen) atoms. The first-order chi connectivity index (χ1) is 8.34. The summed E-state index contributed by atoms with van der Waals surface area (Å²) in [4.78, 5) is 4.27. The lowest BCUT2D eigenvalue weighted by Crippen LogP contribution is -2.21. The summed E-state index contributed by atoms with van der Waals surface area (Å²) in [5.74, 6) is 0.679. The molecule has 0 atom stereocenters. The average molecular weight is 225 g/mol. The van der Waals surface area contributed by atoms with Crippen molar-refractivity contribution in [2.75, 3.05) is 6.54 Å². The van der Waals surface area contributed by atoms with Gasteiger partial charge in [-0.25, -0.2) is 0 Å². The van der Waals surface area contributed by atoms with Crippen molar-refractivity contribution in [3.05, 3.63) is 59.4 Å². The molecule has 2 heterocycles. The Morgan fingerprint density at radius 1 is 1.18 bits per heavy atom. The van der Waals surface area contributed by atoms with Crippen molar-refractivity contribution in [3.63, 3.8) is 0 Å². The van der Waals surface area contributed by atoms with E-state index in [1.165, 1.54) is 11.3 Å². The topological polar surface area (TPSA) is 43.3 Å². The van der Waals surface area contributed by atoms with E-state index in [1.807, 2.05) is 6.07 Å². The maximum Gasteiger partial charge on any atom is 0.127 e. The Morgan fingerprint density at radius 2 is 2.00 bits per heavy atom. The van der Waals surface area contributed by atoms with Crippen LogP contribution in [-0.2, 0) is 13.0 Å². The highest BCUT2D eigenvalue weighted by Gasteiger charge is 2.15. The molecular formula is C14H15N3. The van der Waals surface area contributed by atoms with Gasteiger partial charge in [-0.3, -0.25) is 4.99 Å². The maximum atomic E-state index is 5.89. The molecule has 0 fully saturated rings. The van der Waals surface area contributed by atoms with Gasteiger partial charge in [-0.15, -0.1) is 0 Å². The summed E-state index contributed by atoms with van der Waals surface area (Å²) in [7, 11) is 0. The third-order valence-corrected chi connectivity index (χ3v) is 3.18. The lowest BCUT2D eigenvalue weighted by molar-refractivity contribution is 0.730. The van der Waals surface area contributed by atoms with E-state index in [1.54, 1.807) is 0 Å². The maximum absolute atomic E-state index is 5.89. The first-order valence-corrected chi connectivity index (χ1v) is 5.87. The molecule has 86 valence electrons. The van der Waals surface area contributed by atoms with Crippen molar-refractivity contribution in [2.45, 2.75) is 13.0 Å². The first-order valence-electron chi connectivity index (χ1n) is 5.87. The molecule has 3 heteroatoms. The summed E-state index contributed by atoms with van der Waals surface area (Å²) in [6.45, 7) is 1.71. The van der Waals surface area contributed by atoms with Crippen LogP contribution in [0.4, 0.5) is 0 Å². The van der Waals surface area contributed by atoms with Crippen molar-refractivity contribution < 1.29 is 0 Å². The lowest BCUT2D eigenvalue weighted by Gasteiger charge is -2.14. The Balaban J connectivity index is 1.93. The van der Waals surface area contributed by atoms with E-state index in [4.69, 9.17) is 5.73 Å². The number of benzene rings is 1. The summed E-state index contributed by atoms with van der Waals surface area (Å²) < 4.78 is 2.27. The molecule has 0 amide bonds. The molecule has 0 radical (unpaired) electrons. The van der Waals surface area contributed by atoms with E-state index < -0.39 is 0 Å². The smallest absolute Gasteiger partial charge is 0.127 e. The van der Waals surface area contributed by atoms with E-state index in [0.29, 0.717) is 5.84 Å². The van der Waals surface area contributed by atoms with Gasteiger partial charge in [0.25, 0.3) is 0 Å². The SMILES string of the molecule is NC1=NCCc2c1ccn2Cc1ccccc1. The quantitative estimate of drug-likeness (QED) is 0.832. The number of nitrogens with two attached hydrogens (primary N) is 1. The van der Waals surface area contributed by atoms with E-state index in [9.17, 15) is 0 Å². The van der Waals surface area contributed by atoms with Crippen molar-refractivity contribution in [1.82, 2.24) is 4.57 Å². The molecule has 1 aliphatic rings. The van der Waals surface area contributed by atoms with E-state index in [-0.39, 0.29) is 0 Å². The van der Waals surface area contributed by atoms with Gasteiger partial charge in [0, 0.05) is 37.0 Å². The second kappa shape index (κ2) is 4.09. The van der Waals surface area contributed by atoms with Gasteiger partial charge in [0.05, 0.1) is 0 Å². The number of fused-ring (bicyclic) bond motifs is 1. The van der Waals surface area contributed by atoms with Crippen molar-refractivity contribution >= 4 is 5.84 Å². The normalized spacial score (nSPS) is 14.2. The zero-order chi connectivity index (χ0) is 11.7. The van der Waals surface area contributed by atoms with Gasteiger partial charge >= 0.3 is 0 Å². The highest BCUT2D eigenvalue weighted by Crippen LogP contribution is 2.17. The second-order valence-corrected chi connectivity index (χ2v) is 4.31. The van der Waals surface area contributed by atoms with Crippen LogP contribution in [0, 0.1) is 0 Å². The van der Waals surface area contributed by atoms with E-state index >= 15 is 0 Å². The van der Waals surface area contributed by atoms with Gasteiger partial charge in [0.2, 0.25) is 0 Å². The minimum Gasteiger partial charge on any atom is -0.383 e. The molecule has 1 aromatic carbocycles. The minimum atomic E-state index is 0.679. The summed E-state index contributed by atoms with van der Waals surface area (Å²) in [5, 5.41) is 0. The van der Waals surface area contributed by atoms with Crippen LogP contribution in [0.1, 0.15) is 16.8 Å². The van der Waals surface area contributed by atoms with Crippen molar-refractivity contribution in [3.8, 4) is 0 Å². The number of hydrogen-bond donors (Lipinski definition) is 1. The molecule has 0 unspecified atom stereocenters. The standard InChI is InChI=1S/C14H15N3/c15-14-12-7-9-17(13(12)6-8-16-14)10-11-4-2-1-3-5-11/h1-5,7,9H,6,8,10H2,(H2,15,16). The summed E-state index contributed by atoms with van der Waals surface area (Å²) in [6.07, 6.45) is 3.08. The Bertz CT molecular complexity index is 552. The predicted octanol–water partition coefficient (Wildman–Crippen LogP) is 1.80. The van der Waals surface area contributed by atoms with Crippen LogP contribution in [0.15, 0.2) is 47.6 Å². The number of aliphatic imine (C=N–C) groups is 1. The van der Waals surface area contributed by atoms with Crippen molar-refractivity contribution in [2.24, 2.45) is 10.7 Å². The highest BCUT2D eigenvalue weighted by atomic mass is 15.0. The van der Waals surface area contributed by atoms with Crippen LogP contribution in [0.25, 0.3) is 0 Å². The zero-order valence-corrected chi connectivity index (χ0v) is 9.63. The molecule has 3 rings (SSSR count). The Hall–Kier alpha value is -2.03. The monoisotopic (exact) mass is 225 g/mol. The molecule has 0 saturated heterocycles. The lowest BCUT2D eigenvalue weighted by atomic mass is 10.1.